The van der Waals surface area contributed by atoms with Gasteiger partial charge in [0.05, 0.1) is 25.9 Å². The van der Waals surface area contributed by atoms with Crippen molar-refractivity contribution >= 4 is 0 Å². The summed E-state index contributed by atoms with van der Waals surface area (Å²) in [6, 6.07) is 9.87. The fourth-order valence-electron chi connectivity index (χ4n) is 1.09. The minimum absolute atomic E-state index is 0.255. The van der Waals surface area contributed by atoms with Gasteiger partial charge in [-0.15, -0.1) is 0 Å². The highest BCUT2D eigenvalue weighted by Crippen LogP contribution is 2.00. The Kier molecular flexibility index (Phi) is 5.70. The Morgan fingerprint density at radius 1 is 1.27 bits per heavy atom. The molecule has 1 aromatic carbocycles. The summed E-state index contributed by atoms with van der Waals surface area (Å²) in [6.45, 7) is 0.738. The van der Waals surface area contributed by atoms with Crippen molar-refractivity contribution < 1.29 is 14.9 Å². The smallest absolute Gasteiger partial charge is 0.0952 e. The molecule has 0 radical (unpaired) electrons. The molecule has 0 bridgehead atoms. The number of ether oxygens (including phenoxy) is 1. The third-order valence-corrected chi connectivity index (χ3v) is 1.87. The molecule has 0 spiro atoms. The number of rotatable bonds is 6. The molecule has 0 saturated heterocycles. The van der Waals surface area contributed by atoms with E-state index in [9.17, 15) is 0 Å². The largest absolute Gasteiger partial charge is 0.393 e. The molecule has 0 aromatic heterocycles. The van der Waals surface area contributed by atoms with Crippen LogP contribution in [-0.4, -0.2) is 29.5 Å². The first-order valence-electron chi connectivity index (χ1n) is 4.90. The Morgan fingerprint density at radius 2 is 2.00 bits per heavy atom. The number of hydrogen-bond donors (Lipinski definition) is 2. The SMILES string of the molecule is OCC(O)/C=C\COCc1ccccc1. The summed E-state index contributed by atoms with van der Waals surface area (Å²) in [5.74, 6) is 0. The summed E-state index contributed by atoms with van der Waals surface area (Å²) in [4.78, 5) is 0. The van der Waals surface area contributed by atoms with E-state index in [1.54, 1.807) is 6.08 Å². The molecule has 3 heteroatoms. The number of aliphatic hydroxyl groups is 2. The van der Waals surface area contributed by atoms with E-state index in [1.807, 2.05) is 30.3 Å². The summed E-state index contributed by atoms with van der Waals surface area (Å²) >= 11 is 0. The van der Waals surface area contributed by atoms with E-state index < -0.39 is 6.10 Å². The monoisotopic (exact) mass is 208 g/mol. The average Bonchev–Trinajstić information content (AvgIpc) is 2.29. The molecule has 1 aromatic rings. The molecule has 0 heterocycles. The fraction of sp³-hybridized carbons (Fsp3) is 0.333. The van der Waals surface area contributed by atoms with Gasteiger partial charge in [0.25, 0.3) is 0 Å². The van der Waals surface area contributed by atoms with Crippen molar-refractivity contribution in [1.82, 2.24) is 0 Å². The van der Waals surface area contributed by atoms with E-state index in [1.165, 1.54) is 6.08 Å². The van der Waals surface area contributed by atoms with E-state index in [0.29, 0.717) is 13.2 Å². The van der Waals surface area contributed by atoms with Gasteiger partial charge in [-0.1, -0.05) is 42.5 Å². The van der Waals surface area contributed by atoms with E-state index in [-0.39, 0.29) is 6.61 Å². The summed E-state index contributed by atoms with van der Waals surface area (Å²) < 4.78 is 5.34. The van der Waals surface area contributed by atoms with Crippen LogP contribution in [0.15, 0.2) is 42.5 Å². The maximum atomic E-state index is 8.98. The van der Waals surface area contributed by atoms with Crippen molar-refractivity contribution in [3.8, 4) is 0 Å². The van der Waals surface area contributed by atoms with Crippen molar-refractivity contribution in [2.45, 2.75) is 12.7 Å². The molecule has 0 amide bonds. The zero-order chi connectivity index (χ0) is 10.9. The summed E-state index contributed by atoms with van der Waals surface area (Å²) in [5, 5.41) is 17.5. The quantitative estimate of drug-likeness (QED) is 0.544. The zero-order valence-corrected chi connectivity index (χ0v) is 8.54. The highest BCUT2D eigenvalue weighted by atomic mass is 16.5. The van der Waals surface area contributed by atoms with Crippen LogP contribution in [-0.2, 0) is 11.3 Å². The molecule has 1 unspecified atom stereocenters. The molecule has 0 aliphatic carbocycles. The predicted octanol–water partition coefficient (Wildman–Crippen LogP) is 1.11. The Balaban J connectivity index is 2.15. The molecule has 0 aliphatic heterocycles. The van der Waals surface area contributed by atoms with Crippen LogP contribution < -0.4 is 0 Å². The van der Waals surface area contributed by atoms with Crippen LogP contribution in [0.3, 0.4) is 0 Å². The van der Waals surface area contributed by atoms with Gasteiger partial charge in [-0.05, 0) is 5.56 Å². The second-order valence-electron chi connectivity index (χ2n) is 3.18. The molecule has 15 heavy (non-hydrogen) atoms. The normalized spacial score (nSPS) is 13.2. The van der Waals surface area contributed by atoms with Crippen molar-refractivity contribution in [3.05, 3.63) is 48.0 Å². The highest BCUT2D eigenvalue weighted by Gasteiger charge is 1.93. The molecule has 0 saturated carbocycles. The van der Waals surface area contributed by atoms with Crippen LogP contribution in [0.5, 0.6) is 0 Å². The Labute approximate surface area is 89.6 Å². The lowest BCUT2D eigenvalue weighted by molar-refractivity contribution is 0.126. The maximum Gasteiger partial charge on any atom is 0.0952 e. The average molecular weight is 208 g/mol. The lowest BCUT2D eigenvalue weighted by Crippen LogP contribution is -2.07. The third kappa shape index (κ3) is 5.32. The van der Waals surface area contributed by atoms with Gasteiger partial charge in [0.15, 0.2) is 0 Å². The van der Waals surface area contributed by atoms with Crippen LogP contribution in [0.25, 0.3) is 0 Å². The molecular formula is C12H16O3. The van der Waals surface area contributed by atoms with Crippen molar-refractivity contribution in [1.29, 1.82) is 0 Å². The number of benzene rings is 1. The molecule has 1 atom stereocenters. The van der Waals surface area contributed by atoms with Gasteiger partial charge in [0, 0.05) is 0 Å². The summed E-state index contributed by atoms with van der Waals surface area (Å²) in [7, 11) is 0. The molecule has 0 aliphatic rings. The molecule has 2 N–H and O–H groups in total. The van der Waals surface area contributed by atoms with E-state index in [4.69, 9.17) is 14.9 Å². The van der Waals surface area contributed by atoms with Gasteiger partial charge >= 0.3 is 0 Å². The fourth-order valence-corrected chi connectivity index (χ4v) is 1.09. The second-order valence-corrected chi connectivity index (χ2v) is 3.18. The van der Waals surface area contributed by atoms with Gasteiger partial charge in [0.1, 0.15) is 0 Å². The Morgan fingerprint density at radius 3 is 2.67 bits per heavy atom. The first-order valence-corrected chi connectivity index (χ1v) is 4.90. The van der Waals surface area contributed by atoms with Crippen molar-refractivity contribution in [2.75, 3.05) is 13.2 Å². The van der Waals surface area contributed by atoms with E-state index in [0.717, 1.165) is 5.56 Å². The third-order valence-electron chi connectivity index (χ3n) is 1.87. The summed E-state index contributed by atoms with van der Waals surface area (Å²) in [5.41, 5.74) is 1.12. The van der Waals surface area contributed by atoms with Crippen LogP contribution >= 0.6 is 0 Å². The zero-order valence-electron chi connectivity index (χ0n) is 8.54. The van der Waals surface area contributed by atoms with Gasteiger partial charge in [-0.2, -0.15) is 0 Å². The van der Waals surface area contributed by atoms with Gasteiger partial charge in [0.2, 0.25) is 0 Å². The lowest BCUT2D eigenvalue weighted by atomic mass is 10.2. The van der Waals surface area contributed by atoms with Crippen molar-refractivity contribution in [2.24, 2.45) is 0 Å². The number of hydrogen-bond acceptors (Lipinski definition) is 3. The predicted molar refractivity (Wildman–Crippen MR) is 58.3 cm³/mol. The first-order chi connectivity index (χ1) is 7.33. The van der Waals surface area contributed by atoms with Crippen LogP contribution in [0.1, 0.15) is 5.56 Å². The van der Waals surface area contributed by atoms with Gasteiger partial charge in [-0.25, -0.2) is 0 Å². The standard InChI is InChI=1S/C12H16O3/c13-9-12(14)7-4-8-15-10-11-5-2-1-3-6-11/h1-7,12-14H,8-10H2/b7-4-. The van der Waals surface area contributed by atoms with E-state index >= 15 is 0 Å². The first kappa shape index (κ1) is 11.9. The minimum Gasteiger partial charge on any atom is -0.393 e. The van der Waals surface area contributed by atoms with Crippen LogP contribution in [0.2, 0.25) is 0 Å². The lowest BCUT2D eigenvalue weighted by Gasteiger charge is -2.01. The molecule has 1 rings (SSSR count). The van der Waals surface area contributed by atoms with Crippen molar-refractivity contribution in [3.63, 3.8) is 0 Å². The molecule has 0 fully saturated rings. The number of aliphatic hydroxyl groups excluding tert-OH is 2. The van der Waals surface area contributed by atoms with Gasteiger partial charge < -0.3 is 14.9 Å². The van der Waals surface area contributed by atoms with Gasteiger partial charge in [-0.3, -0.25) is 0 Å². The maximum absolute atomic E-state index is 8.98. The Hall–Kier alpha value is -1.16. The highest BCUT2D eigenvalue weighted by molar-refractivity contribution is 5.13. The minimum atomic E-state index is -0.787. The summed E-state index contributed by atoms with van der Waals surface area (Å²) in [6.07, 6.45) is 2.43. The topological polar surface area (TPSA) is 49.7 Å². The van der Waals surface area contributed by atoms with E-state index in [2.05, 4.69) is 0 Å². The van der Waals surface area contributed by atoms with Crippen LogP contribution in [0, 0.1) is 0 Å². The Bertz CT molecular complexity index is 282. The molecule has 3 nitrogen and oxygen atoms in total. The molecular weight excluding hydrogens is 192 g/mol. The molecule has 82 valence electrons. The van der Waals surface area contributed by atoms with Crippen LogP contribution in [0.4, 0.5) is 0 Å². The second kappa shape index (κ2) is 7.17.